The molecule has 0 amide bonds. The zero-order valence-electron chi connectivity index (χ0n) is 20.7. The first kappa shape index (κ1) is 23.5. The highest BCUT2D eigenvalue weighted by molar-refractivity contribution is 6.20. The van der Waals surface area contributed by atoms with Crippen molar-refractivity contribution in [1.82, 2.24) is 5.32 Å². The number of allylic oxidation sites excluding steroid dienone is 5. The van der Waals surface area contributed by atoms with E-state index in [-0.39, 0.29) is 22.4 Å². The maximum absolute atomic E-state index is 13.4. The van der Waals surface area contributed by atoms with Gasteiger partial charge in [-0.15, -0.1) is 0 Å². The number of rotatable bonds is 6. The van der Waals surface area contributed by atoms with Gasteiger partial charge in [-0.1, -0.05) is 44.6 Å². The highest BCUT2D eigenvalue weighted by atomic mass is 16.5. The largest absolute Gasteiger partial charge is 0.497 e. The van der Waals surface area contributed by atoms with Crippen LogP contribution >= 0.6 is 0 Å². The summed E-state index contributed by atoms with van der Waals surface area (Å²) in [5.74, 6) is 1.68. The van der Waals surface area contributed by atoms with Crippen molar-refractivity contribution < 1.29 is 14.3 Å². The van der Waals surface area contributed by atoms with Gasteiger partial charge in [-0.25, -0.2) is 0 Å². The van der Waals surface area contributed by atoms with E-state index in [1.165, 1.54) is 18.1 Å². The molecule has 4 atom stereocenters. The number of carbonyl (C=O) groups excluding carboxylic acids is 2. The summed E-state index contributed by atoms with van der Waals surface area (Å²) in [4.78, 5) is 26.0. The zero-order chi connectivity index (χ0) is 23.8. The smallest absolute Gasteiger partial charge is 0.205 e. The lowest BCUT2D eigenvalue weighted by Crippen LogP contribution is -2.50. The van der Waals surface area contributed by atoms with Crippen molar-refractivity contribution in [3.8, 4) is 5.75 Å². The standard InChI is InChI=1S/C29H37NO3/c1-19-7-6-8-26-28(19,3)14-13-20(2)29(26,4)17-22-15-23(31)16-25(27(22)32)30-18-21-9-11-24(33-5)12-10-21/h7,9-12,15-16,20,26,30H,6,8,13-14,17-18H2,1-5H3/t20-,26+,28+,29+/m0/s1. The van der Waals surface area contributed by atoms with Gasteiger partial charge in [0.05, 0.1) is 12.8 Å². The van der Waals surface area contributed by atoms with Crippen LogP contribution in [0.4, 0.5) is 0 Å². The minimum atomic E-state index is -0.101. The predicted octanol–water partition coefficient (Wildman–Crippen LogP) is 5.94. The Bertz CT molecular complexity index is 1030. The monoisotopic (exact) mass is 447 g/mol. The second kappa shape index (κ2) is 8.96. The van der Waals surface area contributed by atoms with E-state index in [1.807, 2.05) is 24.3 Å². The van der Waals surface area contributed by atoms with E-state index in [4.69, 9.17) is 4.74 Å². The van der Waals surface area contributed by atoms with E-state index in [0.29, 0.717) is 36.1 Å². The fourth-order valence-electron chi connectivity index (χ4n) is 6.48. The van der Waals surface area contributed by atoms with E-state index >= 15 is 0 Å². The Hall–Kier alpha value is -2.62. The highest BCUT2D eigenvalue weighted by Crippen LogP contribution is 2.62. The number of carbonyl (C=O) groups is 2. The van der Waals surface area contributed by atoms with Crippen molar-refractivity contribution in [1.29, 1.82) is 0 Å². The SMILES string of the molecule is COc1ccc(CNC2=CC(=O)C=C(C[C@]3(C)[C@@H](C)CC[C@]4(C)C(C)=CCC[C@@H]34)C2=O)cc1. The summed E-state index contributed by atoms with van der Waals surface area (Å²) < 4.78 is 5.21. The van der Waals surface area contributed by atoms with Crippen molar-refractivity contribution >= 4 is 11.6 Å². The molecule has 33 heavy (non-hydrogen) atoms. The molecule has 4 nitrogen and oxygen atoms in total. The molecule has 0 aromatic heterocycles. The summed E-state index contributed by atoms with van der Waals surface area (Å²) in [6.07, 6.45) is 10.7. The molecule has 1 aromatic carbocycles. The average Bonchev–Trinajstić information content (AvgIpc) is 2.80. The second-order valence-electron chi connectivity index (χ2n) is 10.7. The van der Waals surface area contributed by atoms with Gasteiger partial charge in [-0.2, -0.15) is 0 Å². The maximum atomic E-state index is 13.4. The number of Topliss-reactive ketones (excluding diaryl/α,β-unsaturated/α-hetero) is 1. The van der Waals surface area contributed by atoms with Crippen LogP contribution in [0.25, 0.3) is 0 Å². The van der Waals surface area contributed by atoms with E-state index in [9.17, 15) is 9.59 Å². The molecule has 0 radical (unpaired) electrons. The van der Waals surface area contributed by atoms with Gasteiger partial charge in [0.1, 0.15) is 5.75 Å². The Morgan fingerprint density at radius 3 is 2.52 bits per heavy atom. The number of benzene rings is 1. The van der Waals surface area contributed by atoms with E-state index in [2.05, 4.69) is 39.1 Å². The zero-order valence-corrected chi connectivity index (χ0v) is 20.7. The van der Waals surface area contributed by atoms with E-state index < -0.39 is 0 Å². The lowest BCUT2D eigenvalue weighted by atomic mass is 9.46. The third-order valence-corrected chi connectivity index (χ3v) is 8.95. The van der Waals surface area contributed by atoms with Gasteiger partial charge in [0, 0.05) is 18.2 Å². The fourth-order valence-corrected chi connectivity index (χ4v) is 6.48. The molecular formula is C29H37NO3. The molecule has 1 N–H and O–H groups in total. The molecule has 0 saturated heterocycles. The van der Waals surface area contributed by atoms with E-state index in [1.54, 1.807) is 13.2 Å². The topological polar surface area (TPSA) is 55.4 Å². The van der Waals surface area contributed by atoms with Crippen LogP contribution in [-0.2, 0) is 16.1 Å². The molecule has 176 valence electrons. The van der Waals surface area contributed by atoms with Gasteiger partial charge in [0.2, 0.25) is 5.78 Å². The number of fused-ring (bicyclic) bond motifs is 1. The van der Waals surface area contributed by atoms with Crippen LogP contribution in [0.2, 0.25) is 0 Å². The Labute approximate surface area is 198 Å². The molecule has 0 heterocycles. The second-order valence-corrected chi connectivity index (χ2v) is 10.7. The third kappa shape index (κ3) is 4.32. The van der Waals surface area contributed by atoms with Crippen molar-refractivity contribution in [3.05, 3.63) is 64.9 Å². The summed E-state index contributed by atoms with van der Waals surface area (Å²) in [7, 11) is 1.64. The molecule has 4 rings (SSSR count). The lowest BCUT2D eigenvalue weighted by molar-refractivity contribution is -0.116. The fraction of sp³-hybridized carbons (Fsp3) is 0.517. The van der Waals surface area contributed by atoms with Crippen LogP contribution in [0.15, 0.2) is 59.3 Å². The number of ketones is 2. The predicted molar refractivity (Wildman–Crippen MR) is 132 cm³/mol. The number of hydrogen-bond donors (Lipinski definition) is 1. The average molecular weight is 448 g/mol. The van der Waals surface area contributed by atoms with Gasteiger partial charge in [-0.05, 0) is 85.5 Å². The van der Waals surface area contributed by atoms with Crippen LogP contribution in [0.5, 0.6) is 5.75 Å². The molecule has 1 fully saturated rings. The first-order chi connectivity index (χ1) is 15.7. The summed E-state index contributed by atoms with van der Waals surface area (Å²) in [5.41, 5.74) is 3.77. The van der Waals surface area contributed by atoms with Gasteiger partial charge < -0.3 is 10.1 Å². The molecule has 3 aliphatic carbocycles. The van der Waals surface area contributed by atoms with Crippen molar-refractivity contribution in [2.24, 2.45) is 22.7 Å². The number of nitrogens with one attached hydrogen (secondary N) is 1. The lowest BCUT2D eigenvalue weighted by Gasteiger charge is -2.58. The number of ether oxygens (including phenoxy) is 1. The molecule has 0 aliphatic heterocycles. The quantitative estimate of drug-likeness (QED) is 0.433. The van der Waals surface area contributed by atoms with Crippen molar-refractivity contribution in [2.75, 3.05) is 7.11 Å². The van der Waals surface area contributed by atoms with Gasteiger partial charge in [0.15, 0.2) is 5.78 Å². The third-order valence-electron chi connectivity index (χ3n) is 8.95. The Morgan fingerprint density at radius 2 is 1.82 bits per heavy atom. The summed E-state index contributed by atoms with van der Waals surface area (Å²) in [5, 5.41) is 3.22. The molecular weight excluding hydrogens is 410 g/mol. The van der Waals surface area contributed by atoms with Gasteiger partial charge in [0.25, 0.3) is 0 Å². The normalized spacial score (nSPS) is 31.8. The molecule has 0 bridgehead atoms. The molecule has 1 saturated carbocycles. The maximum Gasteiger partial charge on any atom is 0.205 e. The van der Waals surface area contributed by atoms with Crippen LogP contribution < -0.4 is 10.1 Å². The van der Waals surface area contributed by atoms with Crippen LogP contribution in [0, 0.1) is 22.7 Å². The van der Waals surface area contributed by atoms with E-state index in [0.717, 1.165) is 30.6 Å². The summed E-state index contributed by atoms with van der Waals surface area (Å²) in [6.45, 7) is 9.87. The minimum Gasteiger partial charge on any atom is -0.497 e. The Kier molecular flexibility index (Phi) is 6.39. The minimum absolute atomic E-state index is 0.0112. The first-order valence-electron chi connectivity index (χ1n) is 12.2. The molecule has 0 spiro atoms. The summed E-state index contributed by atoms with van der Waals surface area (Å²) in [6, 6.07) is 7.71. The molecule has 4 heteroatoms. The van der Waals surface area contributed by atoms with Crippen molar-refractivity contribution in [2.45, 2.75) is 66.3 Å². The van der Waals surface area contributed by atoms with Gasteiger partial charge in [-0.3, -0.25) is 9.59 Å². The van der Waals surface area contributed by atoms with Crippen LogP contribution in [0.3, 0.4) is 0 Å². The Morgan fingerprint density at radius 1 is 1.09 bits per heavy atom. The van der Waals surface area contributed by atoms with Crippen LogP contribution in [-0.4, -0.2) is 18.7 Å². The van der Waals surface area contributed by atoms with Gasteiger partial charge >= 0.3 is 0 Å². The van der Waals surface area contributed by atoms with Crippen molar-refractivity contribution in [3.63, 3.8) is 0 Å². The Balaban J connectivity index is 1.52. The number of methoxy groups -OCH3 is 1. The molecule has 0 unspecified atom stereocenters. The summed E-state index contributed by atoms with van der Waals surface area (Å²) >= 11 is 0. The highest BCUT2D eigenvalue weighted by Gasteiger charge is 2.53. The number of hydrogen-bond acceptors (Lipinski definition) is 4. The molecule has 3 aliphatic rings. The molecule has 1 aromatic rings. The first-order valence-corrected chi connectivity index (χ1v) is 12.2. The van der Waals surface area contributed by atoms with Crippen LogP contribution in [0.1, 0.15) is 65.4 Å².